The average Bonchev–Trinajstić information content (AvgIpc) is 2.16. The van der Waals surface area contributed by atoms with E-state index in [0.29, 0.717) is 0 Å². The summed E-state index contributed by atoms with van der Waals surface area (Å²) in [7, 11) is 0. The molecule has 15 heavy (non-hydrogen) atoms. The third-order valence-corrected chi connectivity index (χ3v) is 1.74. The van der Waals surface area contributed by atoms with Gasteiger partial charge in [0.2, 0.25) is 0 Å². The van der Waals surface area contributed by atoms with Crippen molar-refractivity contribution in [1.29, 1.82) is 0 Å². The lowest BCUT2D eigenvalue weighted by molar-refractivity contribution is -0.384. The molecule has 0 fully saturated rings. The van der Waals surface area contributed by atoms with Crippen molar-refractivity contribution in [3.05, 3.63) is 45.8 Å². The molecule has 0 radical (unpaired) electrons. The fourth-order valence-electron chi connectivity index (χ4n) is 1.02. The van der Waals surface area contributed by atoms with Crippen molar-refractivity contribution in [1.82, 2.24) is 0 Å². The smallest absolute Gasteiger partial charge is 0.270 e. The molecule has 4 nitrogen and oxygen atoms in total. The van der Waals surface area contributed by atoms with Crippen LogP contribution in [0.15, 0.2) is 24.3 Å². The Morgan fingerprint density at radius 2 is 2.27 bits per heavy atom. The first-order chi connectivity index (χ1) is 7.00. The number of nitro benzene ring substituents is 1. The molecule has 1 rings (SSSR count). The molecule has 0 aliphatic rings. The van der Waals surface area contributed by atoms with Crippen molar-refractivity contribution < 1.29 is 14.4 Å². The molecular formula is C10H10FNO3. The largest absolute Gasteiger partial charge is 0.389 e. The summed E-state index contributed by atoms with van der Waals surface area (Å²) in [6.07, 6.45) is 1.94. The Bertz CT molecular complexity index is 402. The Kier molecular flexibility index (Phi) is 3.51. The fraction of sp³-hybridized carbons (Fsp3) is 0.200. The lowest BCUT2D eigenvalue weighted by Crippen LogP contribution is -1.93. The standard InChI is InChI=1S/C10H10FNO3/c1-7(13)2-3-8-6-9(12(14)15)4-5-10(8)11/h2-7,13H,1H3/b3-2+. The molecule has 1 N–H and O–H groups in total. The van der Waals surface area contributed by atoms with Gasteiger partial charge in [-0.2, -0.15) is 0 Å². The summed E-state index contributed by atoms with van der Waals surface area (Å²) in [5.74, 6) is -0.558. The first-order valence-corrected chi connectivity index (χ1v) is 4.31. The van der Waals surface area contributed by atoms with E-state index in [2.05, 4.69) is 0 Å². The van der Waals surface area contributed by atoms with Gasteiger partial charge in [0.1, 0.15) is 5.82 Å². The first-order valence-electron chi connectivity index (χ1n) is 4.31. The second-order valence-corrected chi connectivity index (χ2v) is 3.06. The number of benzene rings is 1. The molecule has 80 valence electrons. The van der Waals surface area contributed by atoms with Crippen LogP contribution in [0.2, 0.25) is 0 Å². The van der Waals surface area contributed by atoms with Gasteiger partial charge in [0.25, 0.3) is 5.69 Å². The van der Waals surface area contributed by atoms with Crippen LogP contribution < -0.4 is 0 Å². The Labute approximate surface area is 85.8 Å². The number of nitrogens with zero attached hydrogens (tertiary/aromatic N) is 1. The molecule has 0 saturated heterocycles. The topological polar surface area (TPSA) is 63.4 Å². The number of halogens is 1. The Balaban J connectivity index is 3.05. The summed E-state index contributed by atoms with van der Waals surface area (Å²) < 4.78 is 13.1. The van der Waals surface area contributed by atoms with Gasteiger partial charge >= 0.3 is 0 Å². The summed E-state index contributed by atoms with van der Waals surface area (Å²) in [6.45, 7) is 1.51. The van der Waals surface area contributed by atoms with E-state index >= 15 is 0 Å². The molecule has 0 aliphatic heterocycles. The van der Waals surface area contributed by atoms with Crippen LogP contribution in [0.1, 0.15) is 12.5 Å². The SMILES string of the molecule is CC(O)/C=C/c1cc([N+](=O)[O-])ccc1F. The molecule has 0 saturated carbocycles. The minimum atomic E-state index is -0.719. The van der Waals surface area contributed by atoms with Crippen LogP contribution in [-0.2, 0) is 0 Å². The molecule has 0 spiro atoms. The Hall–Kier alpha value is -1.75. The molecular weight excluding hydrogens is 201 g/mol. The maximum absolute atomic E-state index is 13.1. The number of nitro groups is 1. The lowest BCUT2D eigenvalue weighted by Gasteiger charge is -1.98. The quantitative estimate of drug-likeness (QED) is 0.615. The Morgan fingerprint density at radius 3 is 2.80 bits per heavy atom. The molecule has 5 heteroatoms. The number of aliphatic hydroxyl groups is 1. The predicted molar refractivity (Wildman–Crippen MR) is 53.8 cm³/mol. The van der Waals surface area contributed by atoms with Gasteiger partial charge in [0.15, 0.2) is 0 Å². The highest BCUT2D eigenvalue weighted by Crippen LogP contribution is 2.18. The van der Waals surface area contributed by atoms with Gasteiger partial charge < -0.3 is 5.11 Å². The zero-order valence-corrected chi connectivity index (χ0v) is 8.05. The van der Waals surface area contributed by atoms with Gasteiger partial charge in [0, 0.05) is 17.7 Å². The third kappa shape index (κ3) is 3.14. The maximum atomic E-state index is 13.1. The van der Waals surface area contributed by atoms with Gasteiger partial charge in [-0.1, -0.05) is 12.2 Å². The monoisotopic (exact) mass is 211 g/mol. The molecule has 0 amide bonds. The van der Waals surface area contributed by atoms with Crippen LogP contribution in [0.4, 0.5) is 10.1 Å². The second kappa shape index (κ2) is 4.65. The van der Waals surface area contributed by atoms with E-state index < -0.39 is 16.8 Å². The maximum Gasteiger partial charge on any atom is 0.270 e. The van der Waals surface area contributed by atoms with Crippen molar-refractivity contribution in [3.8, 4) is 0 Å². The summed E-state index contributed by atoms with van der Waals surface area (Å²) in [6, 6.07) is 3.24. The number of hydrogen-bond acceptors (Lipinski definition) is 3. The van der Waals surface area contributed by atoms with E-state index in [1.165, 1.54) is 19.1 Å². The zero-order valence-electron chi connectivity index (χ0n) is 8.05. The van der Waals surface area contributed by atoms with Gasteiger partial charge in [-0.25, -0.2) is 4.39 Å². The summed E-state index contributed by atoms with van der Waals surface area (Å²) in [5, 5.41) is 19.4. The van der Waals surface area contributed by atoms with Crippen LogP contribution in [0.5, 0.6) is 0 Å². The number of hydrogen-bond donors (Lipinski definition) is 1. The molecule has 0 heterocycles. The average molecular weight is 211 g/mol. The number of aliphatic hydroxyl groups excluding tert-OH is 1. The molecule has 0 bridgehead atoms. The number of non-ortho nitro benzene ring substituents is 1. The van der Waals surface area contributed by atoms with Crippen LogP contribution in [0.3, 0.4) is 0 Å². The summed E-state index contributed by atoms with van der Waals surface area (Å²) in [4.78, 5) is 9.81. The summed E-state index contributed by atoms with van der Waals surface area (Å²) >= 11 is 0. The minimum Gasteiger partial charge on any atom is -0.389 e. The van der Waals surface area contributed by atoms with Crippen molar-refractivity contribution in [2.75, 3.05) is 0 Å². The first kappa shape index (κ1) is 11.3. The highest BCUT2D eigenvalue weighted by atomic mass is 19.1. The van der Waals surface area contributed by atoms with E-state index in [4.69, 9.17) is 5.11 Å². The van der Waals surface area contributed by atoms with Gasteiger partial charge in [-0.05, 0) is 13.0 Å². The lowest BCUT2D eigenvalue weighted by atomic mass is 10.1. The van der Waals surface area contributed by atoms with Crippen LogP contribution in [0, 0.1) is 15.9 Å². The highest BCUT2D eigenvalue weighted by molar-refractivity contribution is 5.54. The zero-order chi connectivity index (χ0) is 11.4. The molecule has 1 unspecified atom stereocenters. The highest BCUT2D eigenvalue weighted by Gasteiger charge is 2.08. The van der Waals surface area contributed by atoms with E-state index in [9.17, 15) is 14.5 Å². The van der Waals surface area contributed by atoms with E-state index in [0.717, 1.165) is 18.2 Å². The van der Waals surface area contributed by atoms with Crippen LogP contribution in [-0.4, -0.2) is 16.1 Å². The van der Waals surface area contributed by atoms with E-state index in [1.807, 2.05) is 0 Å². The van der Waals surface area contributed by atoms with E-state index in [-0.39, 0.29) is 11.3 Å². The Morgan fingerprint density at radius 1 is 1.60 bits per heavy atom. The van der Waals surface area contributed by atoms with Gasteiger partial charge in [-0.3, -0.25) is 10.1 Å². The van der Waals surface area contributed by atoms with Crippen molar-refractivity contribution in [2.45, 2.75) is 13.0 Å². The molecule has 1 atom stereocenters. The fourth-order valence-corrected chi connectivity index (χ4v) is 1.02. The van der Waals surface area contributed by atoms with Crippen molar-refractivity contribution in [2.24, 2.45) is 0 Å². The van der Waals surface area contributed by atoms with Crippen LogP contribution >= 0.6 is 0 Å². The third-order valence-electron chi connectivity index (χ3n) is 1.74. The summed E-state index contributed by atoms with van der Waals surface area (Å²) in [5.41, 5.74) is -0.0910. The normalized spacial score (nSPS) is 13.0. The second-order valence-electron chi connectivity index (χ2n) is 3.06. The van der Waals surface area contributed by atoms with Gasteiger partial charge in [0.05, 0.1) is 11.0 Å². The van der Waals surface area contributed by atoms with E-state index in [1.54, 1.807) is 0 Å². The molecule has 1 aromatic carbocycles. The van der Waals surface area contributed by atoms with Crippen molar-refractivity contribution >= 4 is 11.8 Å². The minimum absolute atomic E-state index is 0.0881. The van der Waals surface area contributed by atoms with Crippen molar-refractivity contribution in [3.63, 3.8) is 0 Å². The van der Waals surface area contributed by atoms with Gasteiger partial charge in [-0.15, -0.1) is 0 Å². The number of rotatable bonds is 3. The molecule has 0 aromatic heterocycles. The predicted octanol–water partition coefficient (Wildman–Crippen LogP) is 2.13. The molecule has 0 aliphatic carbocycles. The molecule has 1 aromatic rings. The van der Waals surface area contributed by atoms with Crippen LogP contribution in [0.25, 0.3) is 6.08 Å².